The number of hydrogen-bond donors (Lipinski definition) is 1. The number of nitrogens with one attached hydrogen (secondary N) is 1. The number of nitrogens with zero attached hydrogens (tertiary/aromatic N) is 2. The van der Waals surface area contributed by atoms with Gasteiger partial charge in [0.2, 0.25) is 5.91 Å². The molecule has 0 aliphatic carbocycles. The number of halogens is 1. The fraction of sp³-hybridized carbons (Fsp3) is 0.0667. The standard InChI is InChI=1S/C15H10FN3O3/c16-10-3-1-9(2-4-10)15-12-7-11(19(21)22)5-6-13(12)18-14(20)8-17-15/h1-7H,8H2,(H,18,20). The molecule has 3 rings (SSSR count). The molecule has 1 amide bonds. The number of anilines is 1. The Bertz CT molecular complexity index is 800. The number of benzene rings is 2. The third-order valence-electron chi connectivity index (χ3n) is 3.24. The Morgan fingerprint density at radius 1 is 1.18 bits per heavy atom. The van der Waals surface area contributed by atoms with Crippen LogP contribution in [-0.2, 0) is 4.79 Å². The van der Waals surface area contributed by atoms with E-state index in [4.69, 9.17) is 0 Å². The molecule has 0 atom stereocenters. The molecule has 1 aliphatic rings. The molecule has 0 aromatic heterocycles. The molecule has 110 valence electrons. The number of carbonyl (C=O) groups excluding carboxylic acids is 1. The van der Waals surface area contributed by atoms with Gasteiger partial charge in [0, 0.05) is 23.3 Å². The molecule has 0 unspecified atom stereocenters. The summed E-state index contributed by atoms with van der Waals surface area (Å²) >= 11 is 0. The number of fused-ring (bicyclic) bond motifs is 1. The van der Waals surface area contributed by atoms with E-state index >= 15 is 0 Å². The van der Waals surface area contributed by atoms with Crippen molar-refractivity contribution in [1.29, 1.82) is 0 Å². The first-order chi connectivity index (χ1) is 10.5. The van der Waals surface area contributed by atoms with Crippen LogP contribution in [0.4, 0.5) is 15.8 Å². The van der Waals surface area contributed by atoms with Gasteiger partial charge in [-0.1, -0.05) is 0 Å². The van der Waals surface area contributed by atoms with Gasteiger partial charge in [-0.15, -0.1) is 0 Å². The average Bonchev–Trinajstić information content (AvgIpc) is 2.66. The maximum atomic E-state index is 13.1. The average molecular weight is 299 g/mol. The molecule has 7 heteroatoms. The Kier molecular flexibility index (Phi) is 3.38. The van der Waals surface area contributed by atoms with Crippen LogP contribution in [0.2, 0.25) is 0 Å². The zero-order chi connectivity index (χ0) is 15.7. The molecule has 22 heavy (non-hydrogen) atoms. The summed E-state index contributed by atoms with van der Waals surface area (Å²) in [6, 6.07) is 9.72. The summed E-state index contributed by atoms with van der Waals surface area (Å²) in [5, 5.41) is 13.6. The van der Waals surface area contributed by atoms with Crippen molar-refractivity contribution in [2.24, 2.45) is 4.99 Å². The number of carbonyl (C=O) groups is 1. The largest absolute Gasteiger partial charge is 0.324 e. The number of aliphatic imine (C=N–C) groups is 1. The normalized spacial score (nSPS) is 13.7. The third-order valence-corrected chi connectivity index (χ3v) is 3.24. The Balaban J connectivity index is 2.18. The number of non-ortho nitro benzene ring substituents is 1. The monoisotopic (exact) mass is 299 g/mol. The van der Waals surface area contributed by atoms with Crippen molar-refractivity contribution in [3.63, 3.8) is 0 Å². The maximum absolute atomic E-state index is 13.1. The van der Waals surface area contributed by atoms with Gasteiger partial charge in [-0.05, 0) is 30.3 Å². The van der Waals surface area contributed by atoms with Gasteiger partial charge < -0.3 is 5.32 Å². The van der Waals surface area contributed by atoms with E-state index in [1.165, 1.54) is 42.5 Å². The lowest BCUT2D eigenvalue weighted by atomic mass is 10.00. The molecule has 1 heterocycles. The molecule has 0 bridgehead atoms. The Labute approximate surface area is 124 Å². The molecule has 1 aliphatic heterocycles. The molecule has 0 saturated heterocycles. The van der Waals surface area contributed by atoms with Gasteiger partial charge in [-0.2, -0.15) is 0 Å². The van der Waals surface area contributed by atoms with Crippen molar-refractivity contribution in [3.05, 3.63) is 69.5 Å². The van der Waals surface area contributed by atoms with Crippen molar-refractivity contribution in [1.82, 2.24) is 0 Å². The highest BCUT2D eigenvalue weighted by atomic mass is 19.1. The molecule has 1 N–H and O–H groups in total. The lowest BCUT2D eigenvalue weighted by molar-refractivity contribution is -0.384. The van der Waals surface area contributed by atoms with Crippen LogP contribution in [0.5, 0.6) is 0 Å². The van der Waals surface area contributed by atoms with Crippen LogP contribution in [0.1, 0.15) is 11.1 Å². The van der Waals surface area contributed by atoms with E-state index in [0.29, 0.717) is 22.5 Å². The van der Waals surface area contributed by atoms with Crippen LogP contribution in [0.25, 0.3) is 0 Å². The topological polar surface area (TPSA) is 84.6 Å². The highest BCUT2D eigenvalue weighted by Gasteiger charge is 2.21. The molecule has 6 nitrogen and oxygen atoms in total. The van der Waals surface area contributed by atoms with Gasteiger partial charge >= 0.3 is 0 Å². The van der Waals surface area contributed by atoms with E-state index in [0.717, 1.165) is 0 Å². The first-order valence-corrected chi connectivity index (χ1v) is 6.43. The Morgan fingerprint density at radius 3 is 2.59 bits per heavy atom. The van der Waals surface area contributed by atoms with Crippen molar-refractivity contribution < 1.29 is 14.1 Å². The summed E-state index contributed by atoms with van der Waals surface area (Å²) in [4.78, 5) is 26.3. The number of benzodiazepines with no additional fused rings is 1. The first kappa shape index (κ1) is 13.9. The van der Waals surface area contributed by atoms with Gasteiger partial charge in [0.1, 0.15) is 12.4 Å². The summed E-state index contributed by atoms with van der Waals surface area (Å²) in [5.41, 5.74) is 1.77. The fourth-order valence-corrected chi connectivity index (χ4v) is 2.23. The zero-order valence-electron chi connectivity index (χ0n) is 11.2. The lowest BCUT2D eigenvalue weighted by Gasteiger charge is -2.09. The quantitative estimate of drug-likeness (QED) is 0.683. The van der Waals surface area contributed by atoms with Crippen molar-refractivity contribution in [2.45, 2.75) is 0 Å². The van der Waals surface area contributed by atoms with Crippen LogP contribution in [-0.4, -0.2) is 23.1 Å². The minimum atomic E-state index is -0.519. The first-order valence-electron chi connectivity index (χ1n) is 6.43. The number of rotatable bonds is 2. The molecule has 0 fully saturated rings. The summed E-state index contributed by atoms with van der Waals surface area (Å²) in [5.74, 6) is -0.710. The predicted molar refractivity (Wildman–Crippen MR) is 78.6 cm³/mol. The van der Waals surface area contributed by atoms with Crippen molar-refractivity contribution in [3.8, 4) is 0 Å². The van der Waals surface area contributed by atoms with E-state index < -0.39 is 10.7 Å². The number of nitro groups is 1. The fourth-order valence-electron chi connectivity index (χ4n) is 2.23. The van der Waals surface area contributed by atoms with Crippen LogP contribution in [0.15, 0.2) is 47.5 Å². The lowest BCUT2D eigenvalue weighted by Crippen LogP contribution is -2.13. The molecule has 2 aromatic carbocycles. The van der Waals surface area contributed by atoms with E-state index in [1.807, 2.05) is 0 Å². The summed E-state index contributed by atoms with van der Waals surface area (Å²) in [6.45, 7) is -0.102. The maximum Gasteiger partial charge on any atom is 0.270 e. The Morgan fingerprint density at radius 2 is 1.91 bits per heavy atom. The SMILES string of the molecule is O=C1CN=C(c2ccc(F)cc2)c2cc([N+](=O)[O-])ccc2N1. The smallest absolute Gasteiger partial charge is 0.270 e. The number of nitro benzene ring substituents is 1. The van der Waals surface area contributed by atoms with Gasteiger partial charge in [-0.3, -0.25) is 19.9 Å². The summed E-state index contributed by atoms with van der Waals surface area (Å²) in [7, 11) is 0. The van der Waals surface area contributed by atoms with Crippen molar-refractivity contribution >= 4 is 23.0 Å². The second kappa shape index (κ2) is 5.36. The highest BCUT2D eigenvalue weighted by molar-refractivity contribution is 6.19. The van der Waals surface area contributed by atoms with E-state index in [1.54, 1.807) is 0 Å². The van der Waals surface area contributed by atoms with Crippen molar-refractivity contribution in [2.75, 3.05) is 11.9 Å². The van der Waals surface area contributed by atoms with Gasteiger partial charge in [-0.25, -0.2) is 4.39 Å². The van der Waals surface area contributed by atoms with Crippen LogP contribution >= 0.6 is 0 Å². The molecule has 0 radical (unpaired) electrons. The van der Waals surface area contributed by atoms with Crippen LogP contribution in [0, 0.1) is 15.9 Å². The summed E-state index contributed by atoms with van der Waals surface area (Å²) < 4.78 is 13.1. The molecule has 0 saturated carbocycles. The zero-order valence-corrected chi connectivity index (χ0v) is 11.2. The highest BCUT2D eigenvalue weighted by Crippen LogP contribution is 2.27. The van der Waals surface area contributed by atoms with Gasteiger partial charge in [0.15, 0.2) is 0 Å². The molecule has 2 aromatic rings. The summed E-state index contributed by atoms with van der Waals surface area (Å²) in [6.07, 6.45) is 0. The Hall–Kier alpha value is -3.09. The second-order valence-electron chi connectivity index (χ2n) is 4.71. The predicted octanol–water partition coefficient (Wildman–Crippen LogP) is 2.52. The minimum absolute atomic E-state index is 0.102. The van der Waals surface area contributed by atoms with Crippen LogP contribution in [0.3, 0.4) is 0 Å². The van der Waals surface area contributed by atoms with Gasteiger partial charge in [0.25, 0.3) is 5.69 Å². The van der Waals surface area contributed by atoms with E-state index in [-0.39, 0.29) is 18.1 Å². The van der Waals surface area contributed by atoms with E-state index in [9.17, 15) is 19.3 Å². The second-order valence-corrected chi connectivity index (χ2v) is 4.71. The van der Waals surface area contributed by atoms with E-state index in [2.05, 4.69) is 10.3 Å². The molecular formula is C15H10FN3O3. The molecule has 0 spiro atoms. The number of hydrogen-bond acceptors (Lipinski definition) is 4. The minimum Gasteiger partial charge on any atom is -0.324 e. The van der Waals surface area contributed by atoms with Gasteiger partial charge in [0.05, 0.1) is 16.3 Å². The molecular weight excluding hydrogens is 289 g/mol. The number of amides is 1. The van der Waals surface area contributed by atoms with Crippen LogP contribution < -0.4 is 5.32 Å². The third kappa shape index (κ3) is 2.56.